The normalized spacial score (nSPS) is 10.9. The van der Waals surface area contributed by atoms with Crippen LogP contribution >= 0.6 is 11.6 Å². The van der Waals surface area contributed by atoms with E-state index in [2.05, 4.69) is 0 Å². The second-order valence-electron chi connectivity index (χ2n) is 2.72. The third kappa shape index (κ3) is 1.25. The Morgan fingerprint density at radius 3 is 3.00 bits per heavy atom. The van der Waals surface area contributed by atoms with Crippen molar-refractivity contribution in [3.05, 3.63) is 33.8 Å². The number of hydrogen-bond donors (Lipinski definition) is 0. The molecule has 0 radical (unpaired) electrons. The number of benzene rings is 1. The molecule has 0 atom stereocenters. The zero-order valence-corrected chi connectivity index (χ0v) is 7.84. The Bertz CT molecular complexity index is 498. The highest BCUT2D eigenvalue weighted by atomic mass is 35.5. The summed E-state index contributed by atoms with van der Waals surface area (Å²) in [7, 11) is 0. The minimum Gasteiger partial charge on any atom is -0.408 e. The fourth-order valence-electron chi connectivity index (χ4n) is 1.33. The highest BCUT2D eigenvalue weighted by Gasteiger charge is 2.06. The van der Waals surface area contributed by atoms with Crippen molar-refractivity contribution >= 4 is 22.7 Å². The summed E-state index contributed by atoms with van der Waals surface area (Å²) in [5.41, 5.74) is 1.33. The Morgan fingerprint density at radius 1 is 1.54 bits per heavy atom. The molecule has 0 aliphatic rings. The van der Waals surface area contributed by atoms with Crippen molar-refractivity contribution in [2.75, 3.05) is 0 Å². The van der Waals surface area contributed by atoms with E-state index in [1.807, 2.05) is 6.92 Å². The van der Waals surface area contributed by atoms with Crippen LogP contribution in [0.3, 0.4) is 0 Å². The van der Waals surface area contributed by atoms with Crippen LogP contribution in [0.15, 0.2) is 27.4 Å². The summed E-state index contributed by atoms with van der Waals surface area (Å²) in [6.07, 6.45) is 0. The summed E-state index contributed by atoms with van der Waals surface area (Å²) in [5, 5.41) is 0.607. The highest BCUT2D eigenvalue weighted by molar-refractivity contribution is 6.31. The third-order valence-electron chi connectivity index (χ3n) is 1.95. The van der Waals surface area contributed by atoms with Crippen molar-refractivity contribution in [3.63, 3.8) is 0 Å². The maximum Gasteiger partial charge on any atom is 0.419 e. The lowest BCUT2D eigenvalue weighted by Crippen LogP contribution is -2.11. The topological polar surface area (TPSA) is 35.1 Å². The lowest BCUT2D eigenvalue weighted by Gasteiger charge is -1.95. The maximum atomic E-state index is 11.2. The summed E-state index contributed by atoms with van der Waals surface area (Å²) in [5.74, 6) is -0.334. The summed E-state index contributed by atoms with van der Waals surface area (Å²) < 4.78 is 6.54. The predicted molar refractivity (Wildman–Crippen MR) is 51.2 cm³/mol. The molecule has 0 bridgehead atoms. The molecule has 0 amide bonds. The number of halogens is 1. The molecule has 13 heavy (non-hydrogen) atoms. The Balaban J connectivity index is 2.89. The van der Waals surface area contributed by atoms with E-state index in [0.29, 0.717) is 17.2 Å². The fourth-order valence-corrected chi connectivity index (χ4v) is 1.50. The lowest BCUT2D eigenvalue weighted by molar-refractivity contribution is 0.513. The van der Waals surface area contributed by atoms with Gasteiger partial charge in [-0.2, -0.15) is 0 Å². The monoisotopic (exact) mass is 197 g/mol. The predicted octanol–water partition coefficient (Wildman–Crippen LogP) is 2.27. The van der Waals surface area contributed by atoms with Crippen LogP contribution in [0.25, 0.3) is 11.1 Å². The molecule has 0 unspecified atom stereocenters. The van der Waals surface area contributed by atoms with Gasteiger partial charge >= 0.3 is 5.76 Å². The van der Waals surface area contributed by atoms with Gasteiger partial charge in [-0.05, 0) is 25.1 Å². The van der Waals surface area contributed by atoms with E-state index < -0.39 is 0 Å². The number of aromatic nitrogens is 1. The number of aryl methyl sites for hydroxylation is 1. The molecule has 1 aromatic carbocycles. The van der Waals surface area contributed by atoms with Crippen molar-refractivity contribution in [1.29, 1.82) is 0 Å². The minimum atomic E-state index is -0.334. The van der Waals surface area contributed by atoms with Gasteiger partial charge in [0.05, 0.1) is 5.52 Å². The summed E-state index contributed by atoms with van der Waals surface area (Å²) in [6, 6.07) is 5.13. The van der Waals surface area contributed by atoms with Gasteiger partial charge in [-0.3, -0.25) is 4.57 Å². The first kappa shape index (κ1) is 8.38. The second-order valence-corrected chi connectivity index (χ2v) is 3.16. The van der Waals surface area contributed by atoms with Crippen molar-refractivity contribution in [2.45, 2.75) is 13.5 Å². The van der Waals surface area contributed by atoms with Crippen LogP contribution in [0, 0.1) is 0 Å². The van der Waals surface area contributed by atoms with E-state index in [1.54, 1.807) is 22.8 Å². The molecule has 68 valence electrons. The number of fused-ring (bicyclic) bond motifs is 1. The van der Waals surface area contributed by atoms with E-state index in [9.17, 15) is 4.79 Å². The number of nitrogens with zero attached hydrogens (tertiary/aromatic N) is 1. The molecule has 0 aliphatic carbocycles. The van der Waals surface area contributed by atoms with Crippen LogP contribution in [0.2, 0.25) is 5.02 Å². The van der Waals surface area contributed by atoms with Crippen LogP contribution in [0.1, 0.15) is 6.92 Å². The smallest absolute Gasteiger partial charge is 0.408 e. The third-order valence-corrected chi connectivity index (χ3v) is 2.18. The maximum absolute atomic E-state index is 11.2. The fraction of sp³-hybridized carbons (Fsp3) is 0.222. The van der Waals surface area contributed by atoms with Crippen LogP contribution < -0.4 is 5.76 Å². The molecule has 0 spiro atoms. The van der Waals surface area contributed by atoms with Gasteiger partial charge < -0.3 is 4.42 Å². The molecule has 0 N–H and O–H groups in total. The highest BCUT2D eigenvalue weighted by Crippen LogP contribution is 2.17. The van der Waals surface area contributed by atoms with Crippen molar-refractivity contribution in [3.8, 4) is 0 Å². The van der Waals surface area contributed by atoms with E-state index in [4.69, 9.17) is 16.0 Å². The van der Waals surface area contributed by atoms with Gasteiger partial charge in [0.2, 0.25) is 0 Å². The van der Waals surface area contributed by atoms with Crippen molar-refractivity contribution < 1.29 is 4.42 Å². The first-order chi connectivity index (χ1) is 6.22. The molecule has 1 heterocycles. The van der Waals surface area contributed by atoms with Crippen LogP contribution in [0.4, 0.5) is 0 Å². The number of hydrogen-bond acceptors (Lipinski definition) is 2. The SMILES string of the molecule is CCn1c(=O)oc2ccc(Cl)cc21. The van der Waals surface area contributed by atoms with Gasteiger partial charge in [-0.15, -0.1) is 0 Å². The first-order valence-electron chi connectivity index (χ1n) is 4.01. The molecule has 4 heteroatoms. The Kier molecular flexibility index (Phi) is 1.88. The standard InChI is InChI=1S/C9H8ClNO2/c1-2-11-7-5-6(10)3-4-8(7)13-9(11)12/h3-5H,2H2,1H3. The average molecular weight is 198 g/mol. The van der Waals surface area contributed by atoms with Gasteiger partial charge in [-0.25, -0.2) is 4.79 Å². The van der Waals surface area contributed by atoms with Crippen LogP contribution in [-0.2, 0) is 6.54 Å². The molecule has 1 aromatic heterocycles. The zero-order valence-electron chi connectivity index (χ0n) is 7.08. The molecule has 0 saturated carbocycles. The molecule has 0 fully saturated rings. The molecular formula is C9H8ClNO2. The van der Waals surface area contributed by atoms with Crippen LogP contribution in [0.5, 0.6) is 0 Å². The van der Waals surface area contributed by atoms with Gasteiger partial charge in [0.15, 0.2) is 5.58 Å². The first-order valence-corrected chi connectivity index (χ1v) is 4.39. The molecular weight excluding hydrogens is 190 g/mol. The summed E-state index contributed by atoms with van der Waals surface area (Å²) in [6.45, 7) is 2.48. The van der Waals surface area contributed by atoms with Crippen molar-refractivity contribution in [2.24, 2.45) is 0 Å². The lowest BCUT2D eigenvalue weighted by atomic mass is 10.3. The Labute approximate surface area is 79.5 Å². The second kappa shape index (κ2) is 2.92. The summed E-state index contributed by atoms with van der Waals surface area (Å²) in [4.78, 5) is 11.2. The summed E-state index contributed by atoms with van der Waals surface area (Å²) >= 11 is 5.80. The van der Waals surface area contributed by atoms with Crippen molar-refractivity contribution in [1.82, 2.24) is 4.57 Å². The Hall–Kier alpha value is -1.22. The number of oxazole rings is 1. The van der Waals surface area contributed by atoms with Crippen LogP contribution in [-0.4, -0.2) is 4.57 Å². The largest absolute Gasteiger partial charge is 0.419 e. The van der Waals surface area contributed by atoms with E-state index >= 15 is 0 Å². The molecule has 3 nitrogen and oxygen atoms in total. The van der Waals surface area contributed by atoms with E-state index in [0.717, 1.165) is 5.52 Å². The Morgan fingerprint density at radius 2 is 2.31 bits per heavy atom. The average Bonchev–Trinajstić information content (AvgIpc) is 2.40. The quantitative estimate of drug-likeness (QED) is 0.703. The van der Waals surface area contributed by atoms with Gasteiger partial charge in [0.1, 0.15) is 0 Å². The van der Waals surface area contributed by atoms with Gasteiger partial charge in [0, 0.05) is 11.6 Å². The van der Waals surface area contributed by atoms with E-state index in [1.165, 1.54) is 0 Å². The van der Waals surface area contributed by atoms with E-state index in [-0.39, 0.29) is 5.76 Å². The molecule has 0 aliphatic heterocycles. The van der Waals surface area contributed by atoms with Gasteiger partial charge in [-0.1, -0.05) is 11.6 Å². The zero-order chi connectivity index (χ0) is 9.42. The number of rotatable bonds is 1. The molecule has 0 saturated heterocycles. The minimum absolute atomic E-state index is 0.334. The van der Waals surface area contributed by atoms with Gasteiger partial charge in [0.25, 0.3) is 0 Å². The molecule has 2 aromatic rings. The molecule has 2 rings (SSSR count).